The van der Waals surface area contributed by atoms with Crippen LogP contribution in [0.25, 0.3) is 0 Å². The van der Waals surface area contributed by atoms with Crippen molar-refractivity contribution in [3.05, 3.63) is 131 Å². The van der Waals surface area contributed by atoms with Crippen molar-refractivity contribution in [1.82, 2.24) is 10.6 Å². The molecule has 1 amide bonds. The molecule has 7 nitrogen and oxygen atoms in total. The Morgan fingerprint density at radius 3 is 1.95 bits per heavy atom. The number of carbonyl (C=O) groups is 2. The predicted octanol–water partition coefficient (Wildman–Crippen LogP) is 4.95. The maximum Gasteiger partial charge on any atom is 0.328 e. The zero-order valence-corrected chi connectivity index (χ0v) is 22.5. The van der Waals surface area contributed by atoms with Crippen molar-refractivity contribution in [2.75, 3.05) is 20.3 Å². The minimum atomic E-state index is -0.833. The van der Waals surface area contributed by atoms with Gasteiger partial charge in [-0.05, 0) is 53.1 Å². The van der Waals surface area contributed by atoms with Crippen molar-refractivity contribution in [2.45, 2.75) is 25.6 Å². The minimum Gasteiger partial charge on any atom is -0.492 e. The summed E-state index contributed by atoms with van der Waals surface area (Å²) in [7, 11) is 1.31. The van der Waals surface area contributed by atoms with Crippen LogP contribution in [0.2, 0.25) is 0 Å². The minimum absolute atomic E-state index is 0.286. The molecule has 1 unspecified atom stereocenters. The van der Waals surface area contributed by atoms with Crippen LogP contribution in [0.4, 0.5) is 0 Å². The van der Waals surface area contributed by atoms with E-state index in [1.54, 1.807) is 24.3 Å². The van der Waals surface area contributed by atoms with Crippen LogP contribution < -0.4 is 20.1 Å². The predicted molar refractivity (Wildman–Crippen MR) is 154 cm³/mol. The molecule has 40 heavy (non-hydrogen) atoms. The van der Waals surface area contributed by atoms with Crippen LogP contribution in [-0.2, 0) is 29.1 Å². The Balaban J connectivity index is 1.24. The molecule has 4 aromatic carbocycles. The summed E-state index contributed by atoms with van der Waals surface area (Å²) in [6.07, 6.45) is 0.286. The summed E-state index contributed by atoms with van der Waals surface area (Å²) in [5, 5.41) is 6.13. The van der Waals surface area contributed by atoms with Gasteiger partial charge in [-0.25, -0.2) is 4.79 Å². The van der Waals surface area contributed by atoms with Gasteiger partial charge in [0.25, 0.3) is 5.91 Å². The van der Waals surface area contributed by atoms with Gasteiger partial charge in [-0.2, -0.15) is 0 Å². The first-order chi connectivity index (χ1) is 19.6. The van der Waals surface area contributed by atoms with Crippen LogP contribution in [0.5, 0.6) is 11.5 Å². The van der Waals surface area contributed by atoms with Crippen LogP contribution in [0.1, 0.15) is 27.0 Å². The number of hydrogen-bond donors (Lipinski definition) is 2. The van der Waals surface area contributed by atoms with Gasteiger partial charge in [0.15, 0.2) is 0 Å². The lowest BCUT2D eigenvalue weighted by atomic mass is 10.0. The normalized spacial score (nSPS) is 11.3. The molecule has 0 saturated carbocycles. The monoisotopic (exact) mass is 538 g/mol. The van der Waals surface area contributed by atoms with E-state index in [4.69, 9.17) is 14.2 Å². The third-order valence-electron chi connectivity index (χ3n) is 6.24. The molecule has 0 saturated heterocycles. The number of hydrogen-bond acceptors (Lipinski definition) is 6. The van der Waals surface area contributed by atoms with Crippen molar-refractivity contribution in [3.63, 3.8) is 0 Å². The van der Waals surface area contributed by atoms with Crippen molar-refractivity contribution in [3.8, 4) is 11.5 Å². The number of ether oxygens (including phenoxy) is 3. The summed E-state index contributed by atoms with van der Waals surface area (Å²) in [5.41, 5.74) is 3.59. The van der Waals surface area contributed by atoms with Gasteiger partial charge in [0, 0.05) is 25.1 Å². The van der Waals surface area contributed by atoms with Crippen LogP contribution in [0, 0.1) is 0 Å². The molecule has 0 radical (unpaired) electrons. The average molecular weight is 539 g/mol. The Hall–Kier alpha value is -4.62. The summed E-state index contributed by atoms with van der Waals surface area (Å²) < 4.78 is 16.5. The highest BCUT2D eigenvalue weighted by Gasteiger charge is 2.22. The zero-order chi connectivity index (χ0) is 28.0. The number of esters is 1. The van der Waals surface area contributed by atoms with Crippen molar-refractivity contribution in [1.29, 1.82) is 0 Å². The largest absolute Gasteiger partial charge is 0.492 e. The van der Waals surface area contributed by atoms with Crippen LogP contribution in [0.3, 0.4) is 0 Å². The number of nitrogens with one attached hydrogen (secondary N) is 2. The van der Waals surface area contributed by atoms with Crippen molar-refractivity contribution >= 4 is 11.9 Å². The molecular formula is C33H34N2O5. The second-order valence-corrected chi connectivity index (χ2v) is 9.21. The van der Waals surface area contributed by atoms with E-state index in [-0.39, 0.29) is 12.3 Å². The first-order valence-electron chi connectivity index (χ1n) is 13.2. The standard InChI is InChI=1S/C33H34N2O5/c1-38-33(37)31(22-25-12-16-30(17-13-25)40-24-27-10-6-3-7-11-27)35-32(36)28-14-18-29(19-15-28)39-21-20-34-23-26-8-4-2-5-9-26/h2-19,31,34H,20-24H2,1H3,(H,35,36). The van der Waals surface area contributed by atoms with Gasteiger partial charge in [0.05, 0.1) is 7.11 Å². The van der Waals surface area contributed by atoms with Gasteiger partial charge in [-0.15, -0.1) is 0 Å². The van der Waals surface area contributed by atoms with Gasteiger partial charge >= 0.3 is 5.97 Å². The van der Waals surface area contributed by atoms with E-state index in [2.05, 4.69) is 22.8 Å². The quantitative estimate of drug-likeness (QED) is 0.175. The highest BCUT2D eigenvalue weighted by Crippen LogP contribution is 2.17. The fraction of sp³-hybridized carbons (Fsp3) is 0.212. The molecule has 0 aromatic heterocycles. The lowest BCUT2D eigenvalue weighted by molar-refractivity contribution is -0.142. The molecule has 4 rings (SSSR count). The lowest BCUT2D eigenvalue weighted by Gasteiger charge is -2.17. The Labute approximate surface area is 235 Å². The molecule has 0 fully saturated rings. The topological polar surface area (TPSA) is 85.9 Å². The van der Waals surface area contributed by atoms with E-state index >= 15 is 0 Å². The van der Waals surface area contributed by atoms with Crippen LogP contribution in [-0.4, -0.2) is 38.2 Å². The van der Waals surface area contributed by atoms with Gasteiger partial charge in [0.2, 0.25) is 0 Å². The Kier molecular flexibility index (Phi) is 10.7. The van der Waals surface area contributed by atoms with Crippen LogP contribution >= 0.6 is 0 Å². The SMILES string of the molecule is COC(=O)C(Cc1ccc(OCc2ccccc2)cc1)NC(=O)c1ccc(OCCNCc2ccccc2)cc1. The molecule has 0 aliphatic rings. The first kappa shape index (κ1) is 28.4. The molecule has 2 N–H and O–H groups in total. The summed E-state index contributed by atoms with van der Waals surface area (Å²) >= 11 is 0. The third-order valence-corrected chi connectivity index (χ3v) is 6.24. The first-order valence-corrected chi connectivity index (χ1v) is 13.2. The van der Waals surface area contributed by atoms with E-state index in [1.807, 2.05) is 72.8 Å². The van der Waals surface area contributed by atoms with E-state index in [1.165, 1.54) is 12.7 Å². The van der Waals surface area contributed by atoms with Gasteiger partial charge in [0.1, 0.15) is 30.8 Å². The Morgan fingerprint density at radius 1 is 0.700 bits per heavy atom. The van der Waals surface area contributed by atoms with E-state index in [0.717, 1.165) is 23.4 Å². The second kappa shape index (κ2) is 15.1. The molecule has 0 aliphatic heterocycles. The van der Waals surface area contributed by atoms with Gasteiger partial charge < -0.3 is 24.8 Å². The molecule has 0 heterocycles. The van der Waals surface area contributed by atoms with Crippen molar-refractivity contribution < 1.29 is 23.8 Å². The number of methoxy groups -OCH3 is 1. The number of amides is 1. The average Bonchev–Trinajstić information content (AvgIpc) is 3.01. The summed E-state index contributed by atoms with van der Waals surface area (Å²) in [4.78, 5) is 25.3. The molecule has 206 valence electrons. The maximum absolute atomic E-state index is 12.9. The number of rotatable bonds is 14. The molecule has 0 aliphatic carbocycles. The maximum atomic E-state index is 12.9. The Bertz CT molecular complexity index is 1330. The Morgan fingerprint density at radius 2 is 1.30 bits per heavy atom. The summed E-state index contributed by atoms with van der Waals surface area (Å²) in [6.45, 7) is 2.43. The second-order valence-electron chi connectivity index (χ2n) is 9.21. The van der Waals surface area contributed by atoms with Gasteiger partial charge in [-0.3, -0.25) is 4.79 Å². The summed E-state index contributed by atoms with van der Waals surface area (Å²) in [5.74, 6) is 0.507. The third kappa shape index (κ3) is 8.99. The summed E-state index contributed by atoms with van der Waals surface area (Å²) in [6, 6.07) is 33.5. The van der Waals surface area contributed by atoms with Crippen molar-refractivity contribution in [2.24, 2.45) is 0 Å². The van der Waals surface area contributed by atoms with Gasteiger partial charge in [-0.1, -0.05) is 72.8 Å². The smallest absolute Gasteiger partial charge is 0.328 e. The fourth-order valence-electron chi connectivity index (χ4n) is 4.05. The van der Waals surface area contributed by atoms with E-state index in [9.17, 15) is 9.59 Å². The van der Waals surface area contributed by atoms with E-state index in [0.29, 0.717) is 31.1 Å². The molecule has 0 spiro atoms. The zero-order valence-electron chi connectivity index (χ0n) is 22.5. The molecule has 0 bridgehead atoms. The molecular weight excluding hydrogens is 504 g/mol. The highest BCUT2D eigenvalue weighted by molar-refractivity contribution is 5.96. The number of carbonyl (C=O) groups excluding carboxylic acids is 2. The molecule has 7 heteroatoms. The molecule has 4 aromatic rings. The van der Waals surface area contributed by atoms with E-state index < -0.39 is 12.0 Å². The number of benzene rings is 4. The lowest BCUT2D eigenvalue weighted by Crippen LogP contribution is -2.43. The highest BCUT2D eigenvalue weighted by atomic mass is 16.5. The fourth-order valence-corrected chi connectivity index (χ4v) is 4.05. The molecule has 1 atom stereocenters. The van der Waals surface area contributed by atoms with Crippen LogP contribution in [0.15, 0.2) is 109 Å².